The Bertz CT molecular complexity index is 1010. The predicted molar refractivity (Wildman–Crippen MR) is 114 cm³/mol. The zero-order valence-electron chi connectivity index (χ0n) is 15.9. The summed E-state index contributed by atoms with van der Waals surface area (Å²) in [5, 5.41) is 11.6. The van der Waals surface area contributed by atoms with E-state index < -0.39 is 0 Å². The molecule has 2 aliphatic rings. The molecule has 1 saturated carbocycles. The fraction of sp³-hybridized carbons (Fsp3) is 0.381. The maximum absolute atomic E-state index is 13.3. The number of hydrogen-bond acceptors (Lipinski definition) is 5. The molecule has 7 heteroatoms. The minimum absolute atomic E-state index is 0.144. The third kappa shape index (κ3) is 3.06. The van der Waals surface area contributed by atoms with Crippen molar-refractivity contribution in [2.24, 2.45) is 0 Å². The van der Waals surface area contributed by atoms with Gasteiger partial charge in [-0.15, -0.1) is 21.5 Å². The number of rotatable bonds is 5. The lowest BCUT2D eigenvalue weighted by Crippen LogP contribution is -2.40. The number of thioether (sulfide) groups is 1. The summed E-state index contributed by atoms with van der Waals surface area (Å²) in [4.78, 5) is 16.4. The highest BCUT2D eigenvalue weighted by molar-refractivity contribution is 8.00. The van der Waals surface area contributed by atoms with Gasteiger partial charge in [0.15, 0.2) is 11.0 Å². The molecular weight excluding hydrogens is 388 g/mol. The molecular formula is C21H22N4OS2. The molecule has 2 atom stereocenters. The Hall–Kier alpha value is -2.12. The number of amides is 1. The number of carbonyl (C=O) groups is 1. The summed E-state index contributed by atoms with van der Waals surface area (Å²) in [6, 6.07) is 13.0. The van der Waals surface area contributed by atoms with Gasteiger partial charge in [0.05, 0.1) is 10.1 Å². The van der Waals surface area contributed by atoms with Crippen LogP contribution in [0, 0.1) is 0 Å². The molecule has 1 amide bonds. The summed E-state index contributed by atoms with van der Waals surface area (Å²) in [5.74, 6) is 1.07. The molecule has 3 heterocycles. The Labute approximate surface area is 172 Å². The molecule has 1 aliphatic carbocycles. The Balaban J connectivity index is 1.40. The highest BCUT2D eigenvalue weighted by atomic mass is 32.2. The molecule has 0 bridgehead atoms. The van der Waals surface area contributed by atoms with Crippen molar-refractivity contribution >= 4 is 34.7 Å². The highest BCUT2D eigenvalue weighted by Crippen LogP contribution is 2.43. The number of nitrogens with zero attached hydrogens (tertiary/aromatic N) is 4. The number of fused-ring (bicyclic) bond motifs is 1. The first-order valence-corrected chi connectivity index (χ1v) is 11.5. The van der Waals surface area contributed by atoms with E-state index in [1.54, 1.807) is 11.3 Å². The van der Waals surface area contributed by atoms with Crippen LogP contribution >= 0.6 is 23.1 Å². The van der Waals surface area contributed by atoms with E-state index in [-0.39, 0.29) is 17.2 Å². The van der Waals surface area contributed by atoms with Crippen molar-refractivity contribution in [2.45, 2.75) is 55.6 Å². The van der Waals surface area contributed by atoms with Crippen LogP contribution in [0.2, 0.25) is 0 Å². The quantitative estimate of drug-likeness (QED) is 0.567. The van der Waals surface area contributed by atoms with E-state index in [2.05, 4.69) is 45.3 Å². The summed E-state index contributed by atoms with van der Waals surface area (Å²) in [6.07, 6.45) is 3.23. The Morgan fingerprint density at radius 1 is 1.21 bits per heavy atom. The van der Waals surface area contributed by atoms with E-state index in [9.17, 15) is 4.79 Å². The van der Waals surface area contributed by atoms with E-state index in [1.807, 2.05) is 30.0 Å². The molecule has 5 rings (SSSR count). The van der Waals surface area contributed by atoms with Gasteiger partial charge in [0.2, 0.25) is 5.91 Å². The van der Waals surface area contributed by atoms with Gasteiger partial charge >= 0.3 is 0 Å². The normalized spacial score (nSPS) is 19.6. The minimum Gasteiger partial charge on any atom is -0.308 e. The van der Waals surface area contributed by atoms with E-state index in [0.717, 1.165) is 40.8 Å². The van der Waals surface area contributed by atoms with Gasteiger partial charge in [0.1, 0.15) is 0 Å². The standard InChI is InChI=1S/C21H22N4OS2/c1-13-12-15-6-3-4-7-17(15)24(13)20(26)14(2)28-21-23-22-19(18-8-5-11-27-18)25(21)16-9-10-16/h3-8,11,13-14,16H,9-10,12H2,1-2H3/t13-,14+/m0/s1. The van der Waals surface area contributed by atoms with Crippen LogP contribution < -0.4 is 4.90 Å². The summed E-state index contributed by atoms with van der Waals surface area (Å²) in [6.45, 7) is 4.11. The van der Waals surface area contributed by atoms with Crippen LogP contribution in [0.15, 0.2) is 46.9 Å². The molecule has 3 aromatic rings. The smallest absolute Gasteiger partial charge is 0.240 e. The van der Waals surface area contributed by atoms with Crippen molar-refractivity contribution in [1.82, 2.24) is 14.8 Å². The van der Waals surface area contributed by atoms with E-state index in [1.165, 1.54) is 17.3 Å². The highest BCUT2D eigenvalue weighted by Gasteiger charge is 2.36. The van der Waals surface area contributed by atoms with E-state index in [0.29, 0.717) is 6.04 Å². The Kier molecular flexibility index (Phi) is 4.51. The van der Waals surface area contributed by atoms with Gasteiger partial charge in [-0.1, -0.05) is 36.0 Å². The van der Waals surface area contributed by atoms with Crippen LogP contribution in [0.25, 0.3) is 10.7 Å². The molecule has 144 valence electrons. The van der Waals surface area contributed by atoms with E-state index in [4.69, 9.17) is 0 Å². The van der Waals surface area contributed by atoms with Crippen molar-refractivity contribution in [3.63, 3.8) is 0 Å². The molecule has 0 unspecified atom stereocenters. The third-order valence-electron chi connectivity index (χ3n) is 5.39. The Morgan fingerprint density at radius 3 is 2.79 bits per heavy atom. The largest absolute Gasteiger partial charge is 0.308 e. The first-order valence-electron chi connectivity index (χ1n) is 9.70. The van der Waals surface area contributed by atoms with Crippen molar-refractivity contribution in [3.05, 3.63) is 47.3 Å². The average molecular weight is 411 g/mol. The van der Waals surface area contributed by atoms with Crippen molar-refractivity contribution in [3.8, 4) is 10.7 Å². The van der Waals surface area contributed by atoms with Gasteiger partial charge in [0.25, 0.3) is 0 Å². The molecule has 1 fully saturated rings. The molecule has 28 heavy (non-hydrogen) atoms. The summed E-state index contributed by atoms with van der Waals surface area (Å²) in [5.41, 5.74) is 2.30. The molecule has 2 aromatic heterocycles. The first kappa shape index (κ1) is 17.9. The fourth-order valence-corrected chi connectivity index (χ4v) is 5.57. The first-order chi connectivity index (χ1) is 13.6. The number of para-hydroxylation sites is 1. The number of carbonyl (C=O) groups excluding carboxylic acids is 1. The topological polar surface area (TPSA) is 51.0 Å². The maximum atomic E-state index is 13.3. The second kappa shape index (κ2) is 7.04. The van der Waals surface area contributed by atoms with Crippen LogP contribution in [-0.2, 0) is 11.2 Å². The van der Waals surface area contributed by atoms with Gasteiger partial charge in [-0.2, -0.15) is 0 Å². The molecule has 0 saturated heterocycles. The lowest BCUT2D eigenvalue weighted by Gasteiger charge is -2.25. The molecule has 5 nitrogen and oxygen atoms in total. The van der Waals surface area contributed by atoms with Crippen molar-refractivity contribution in [1.29, 1.82) is 0 Å². The van der Waals surface area contributed by atoms with Crippen LogP contribution in [-0.4, -0.2) is 32.0 Å². The molecule has 1 aromatic carbocycles. The second-order valence-corrected chi connectivity index (χ2v) is 9.79. The molecule has 1 aliphatic heterocycles. The number of hydrogen-bond donors (Lipinski definition) is 0. The Morgan fingerprint density at radius 2 is 2.04 bits per heavy atom. The number of aromatic nitrogens is 3. The lowest BCUT2D eigenvalue weighted by molar-refractivity contribution is -0.118. The van der Waals surface area contributed by atoms with Crippen molar-refractivity contribution in [2.75, 3.05) is 4.90 Å². The van der Waals surface area contributed by atoms with Crippen LogP contribution in [0.1, 0.15) is 38.3 Å². The average Bonchev–Trinajstić information content (AvgIpc) is 3.09. The molecule has 0 N–H and O–H groups in total. The maximum Gasteiger partial charge on any atom is 0.240 e. The minimum atomic E-state index is -0.216. The monoisotopic (exact) mass is 410 g/mol. The molecule has 0 radical (unpaired) electrons. The third-order valence-corrected chi connectivity index (χ3v) is 7.30. The number of anilines is 1. The van der Waals surface area contributed by atoms with Gasteiger partial charge in [-0.05, 0) is 56.2 Å². The number of thiophene rings is 1. The summed E-state index contributed by atoms with van der Waals surface area (Å²) >= 11 is 3.21. The van der Waals surface area contributed by atoms with Gasteiger partial charge in [0, 0.05) is 17.8 Å². The van der Waals surface area contributed by atoms with E-state index >= 15 is 0 Å². The van der Waals surface area contributed by atoms with Gasteiger partial charge < -0.3 is 4.90 Å². The second-order valence-electron chi connectivity index (χ2n) is 7.53. The van der Waals surface area contributed by atoms with Crippen molar-refractivity contribution < 1.29 is 4.79 Å². The summed E-state index contributed by atoms with van der Waals surface area (Å²) < 4.78 is 2.24. The zero-order chi connectivity index (χ0) is 19.3. The lowest BCUT2D eigenvalue weighted by atomic mass is 10.1. The molecule has 0 spiro atoms. The van der Waals surface area contributed by atoms with Gasteiger partial charge in [-0.3, -0.25) is 9.36 Å². The van der Waals surface area contributed by atoms with Crippen LogP contribution in [0.5, 0.6) is 0 Å². The van der Waals surface area contributed by atoms with Crippen LogP contribution in [0.4, 0.5) is 5.69 Å². The predicted octanol–water partition coefficient (Wildman–Crippen LogP) is 4.80. The van der Waals surface area contributed by atoms with Crippen LogP contribution in [0.3, 0.4) is 0 Å². The van der Waals surface area contributed by atoms with Gasteiger partial charge in [-0.25, -0.2) is 0 Å². The zero-order valence-corrected chi connectivity index (χ0v) is 17.5. The number of benzene rings is 1. The fourth-order valence-electron chi connectivity index (χ4n) is 3.90. The summed E-state index contributed by atoms with van der Waals surface area (Å²) in [7, 11) is 0. The SMILES string of the molecule is C[C@@H](Sc1nnc(-c2cccs2)n1C1CC1)C(=O)N1c2ccccc2C[C@@H]1C.